The van der Waals surface area contributed by atoms with Crippen LogP contribution in [0.5, 0.6) is 11.5 Å². The number of hydrogen-bond donors (Lipinski definition) is 2. The molecule has 6 heteroatoms. The molecular formula is C6H4BF2O3. The molecule has 0 saturated carbocycles. The molecule has 3 nitrogen and oxygen atoms in total. The van der Waals surface area contributed by atoms with Gasteiger partial charge in [-0.15, -0.1) is 0 Å². The maximum atomic E-state index is 12.6. The van der Waals surface area contributed by atoms with Gasteiger partial charge in [-0.25, -0.2) is 8.78 Å². The van der Waals surface area contributed by atoms with Crippen LogP contribution in [-0.2, 0) is 0 Å². The van der Waals surface area contributed by atoms with E-state index in [4.69, 9.17) is 10.1 Å². The quantitative estimate of drug-likeness (QED) is 0.642. The van der Waals surface area contributed by atoms with E-state index >= 15 is 0 Å². The normalized spacial score (nSPS) is 9.58. The van der Waals surface area contributed by atoms with Gasteiger partial charge in [0, 0.05) is 12.1 Å². The lowest BCUT2D eigenvalue weighted by atomic mass is 10.3. The summed E-state index contributed by atoms with van der Waals surface area (Å²) in [6, 6.07) is 1.34. The van der Waals surface area contributed by atoms with Crippen molar-refractivity contribution in [1.82, 2.24) is 0 Å². The van der Waals surface area contributed by atoms with E-state index in [0.717, 1.165) is 0 Å². The molecule has 0 bridgehead atoms. The zero-order valence-corrected chi connectivity index (χ0v) is 5.79. The van der Waals surface area contributed by atoms with Crippen LogP contribution in [0.1, 0.15) is 0 Å². The Morgan fingerprint density at radius 2 is 1.75 bits per heavy atom. The van der Waals surface area contributed by atoms with Gasteiger partial charge in [-0.1, -0.05) is 0 Å². The summed E-state index contributed by atoms with van der Waals surface area (Å²) in [5.41, 5.74) is 0. The monoisotopic (exact) mass is 173 g/mol. The van der Waals surface area contributed by atoms with Crippen LogP contribution in [0.15, 0.2) is 12.1 Å². The van der Waals surface area contributed by atoms with Gasteiger partial charge in [0.2, 0.25) is 0 Å². The Kier molecular flexibility index (Phi) is 2.49. The van der Waals surface area contributed by atoms with Crippen LogP contribution >= 0.6 is 0 Å². The van der Waals surface area contributed by atoms with Crippen LogP contribution in [0, 0.1) is 11.6 Å². The summed E-state index contributed by atoms with van der Waals surface area (Å²) in [6.07, 6.45) is 0. The summed E-state index contributed by atoms with van der Waals surface area (Å²) in [5.74, 6) is -3.47. The van der Waals surface area contributed by atoms with Gasteiger partial charge < -0.3 is 14.8 Å². The third-order valence-electron chi connectivity index (χ3n) is 1.15. The van der Waals surface area contributed by atoms with E-state index in [2.05, 4.69) is 4.65 Å². The molecule has 12 heavy (non-hydrogen) atoms. The molecule has 0 spiro atoms. The molecular weight excluding hydrogens is 169 g/mol. The van der Waals surface area contributed by atoms with Gasteiger partial charge in [0.1, 0.15) is 5.75 Å². The van der Waals surface area contributed by atoms with Crippen LogP contribution in [-0.4, -0.2) is 17.8 Å². The molecule has 2 N–H and O–H groups in total. The third kappa shape index (κ3) is 1.65. The van der Waals surface area contributed by atoms with Gasteiger partial charge in [-0.05, 0) is 0 Å². The lowest BCUT2D eigenvalue weighted by Gasteiger charge is -2.04. The Bertz CT molecular complexity index is 269. The van der Waals surface area contributed by atoms with Crippen LogP contribution < -0.4 is 4.65 Å². The second kappa shape index (κ2) is 3.40. The summed E-state index contributed by atoms with van der Waals surface area (Å²) in [5, 5.41) is 16.8. The molecule has 63 valence electrons. The molecule has 0 aliphatic carbocycles. The molecule has 1 aromatic carbocycles. The minimum Gasteiger partial charge on any atom is -0.533 e. The molecule has 0 amide bonds. The van der Waals surface area contributed by atoms with Crippen LogP contribution in [0.4, 0.5) is 8.78 Å². The highest BCUT2D eigenvalue weighted by atomic mass is 19.1. The largest absolute Gasteiger partial charge is 0.569 e. The molecule has 0 fully saturated rings. The van der Waals surface area contributed by atoms with E-state index in [1.807, 2.05) is 0 Å². The molecule has 1 rings (SSSR count). The van der Waals surface area contributed by atoms with Gasteiger partial charge in [0.15, 0.2) is 17.4 Å². The standard InChI is InChI=1S/C6H4BF2O3/c8-4-1-3(10)2-5(9)6(4)12-7-11/h1-2,10-11H. The zero-order valence-electron chi connectivity index (χ0n) is 5.79. The van der Waals surface area contributed by atoms with Crippen LogP contribution in [0.25, 0.3) is 0 Å². The maximum absolute atomic E-state index is 12.6. The van der Waals surface area contributed by atoms with E-state index in [1.54, 1.807) is 0 Å². The van der Waals surface area contributed by atoms with Crippen molar-refractivity contribution in [3.05, 3.63) is 23.8 Å². The Morgan fingerprint density at radius 1 is 1.25 bits per heavy atom. The minimum atomic E-state index is -1.09. The molecule has 0 saturated heterocycles. The summed E-state index contributed by atoms with van der Waals surface area (Å²) in [4.78, 5) is 0. The smallest absolute Gasteiger partial charge is 0.533 e. The molecule has 0 heterocycles. The van der Waals surface area contributed by atoms with E-state index in [-0.39, 0.29) is 7.69 Å². The highest BCUT2D eigenvalue weighted by Crippen LogP contribution is 2.25. The van der Waals surface area contributed by atoms with E-state index < -0.39 is 23.1 Å². The van der Waals surface area contributed by atoms with Crippen molar-refractivity contribution < 1.29 is 23.6 Å². The third-order valence-corrected chi connectivity index (χ3v) is 1.15. The van der Waals surface area contributed by atoms with Crippen molar-refractivity contribution in [1.29, 1.82) is 0 Å². The predicted octanol–water partition coefficient (Wildman–Crippen LogP) is 0.576. The summed E-state index contributed by atoms with van der Waals surface area (Å²) in [6.45, 7) is 0. The first-order valence-electron chi connectivity index (χ1n) is 2.95. The van der Waals surface area contributed by atoms with Crippen LogP contribution in [0.2, 0.25) is 0 Å². The number of hydrogen-bond acceptors (Lipinski definition) is 3. The second-order valence-corrected chi connectivity index (χ2v) is 1.96. The Labute approximate surface area is 67.5 Å². The average molecular weight is 173 g/mol. The van der Waals surface area contributed by atoms with Crippen LogP contribution in [0.3, 0.4) is 0 Å². The van der Waals surface area contributed by atoms with Gasteiger partial charge in [0.25, 0.3) is 0 Å². The van der Waals surface area contributed by atoms with Crippen molar-refractivity contribution in [2.24, 2.45) is 0 Å². The Morgan fingerprint density at radius 3 is 2.17 bits per heavy atom. The average Bonchev–Trinajstić information content (AvgIpc) is 1.96. The van der Waals surface area contributed by atoms with Crippen molar-refractivity contribution >= 4 is 7.69 Å². The predicted molar refractivity (Wildman–Crippen MR) is 36.6 cm³/mol. The highest BCUT2D eigenvalue weighted by Gasteiger charge is 2.11. The maximum Gasteiger partial charge on any atom is 0.569 e. The highest BCUT2D eigenvalue weighted by molar-refractivity contribution is 6.17. The van der Waals surface area contributed by atoms with E-state index in [0.29, 0.717) is 12.1 Å². The Hall–Kier alpha value is -1.30. The fourth-order valence-electron chi connectivity index (χ4n) is 0.712. The first-order chi connectivity index (χ1) is 5.65. The lowest BCUT2D eigenvalue weighted by molar-refractivity contribution is 0.398. The molecule has 0 aliphatic heterocycles. The second-order valence-electron chi connectivity index (χ2n) is 1.96. The van der Waals surface area contributed by atoms with Gasteiger partial charge in [-0.3, -0.25) is 0 Å². The topological polar surface area (TPSA) is 49.7 Å². The van der Waals surface area contributed by atoms with Gasteiger partial charge in [-0.2, -0.15) is 0 Å². The number of aromatic hydroxyl groups is 1. The fraction of sp³-hybridized carbons (Fsp3) is 0. The SMILES string of the molecule is O[B]Oc1c(F)cc(O)cc1F. The van der Waals surface area contributed by atoms with Crippen molar-refractivity contribution in [2.75, 3.05) is 0 Å². The van der Waals surface area contributed by atoms with Crippen molar-refractivity contribution in [3.8, 4) is 11.5 Å². The molecule has 0 unspecified atom stereocenters. The lowest BCUT2D eigenvalue weighted by Crippen LogP contribution is -2.03. The van der Waals surface area contributed by atoms with Crippen molar-refractivity contribution in [2.45, 2.75) is 0 Å². The number of phenolic OH excluding ortho intramolecular Hbond substituents is 1. The number of rotatable bonds is 2. The first-order valence-corrected chi connectivity index (χ1v) is 2.95. The first kappa shape index (κ1) is 8.80. The fourth-order valence-corrected chi connectivity index (χ4v) is 0.712. The number of halogens is 2. The summed E-state index contributed by atoms with van der Waals surface area (Å²) < 4.78 is 29.4. The van der Waals surface area contributed by atoms with Gasteiger partial charge >= 0.3 is 7.69 Å². The van der Waals surface area contributed by atoms with E-state index in [9.17, 15) is 8.78 Å². The molecule has 0 aromatic heterocycles. The van der Waals surface area contributed by atoms with Crippen molar-refractivity contribution in [3.63, 3.8) is 0 Å². The summed E-state index contributed by atoms with van der Waals surface area (Å²) in [7, 11) is 0.151. The zero-order chi connectivity index (χ0) is 9.14. The molecule has 0 aliphatic rings. The Balaban J connectivity index is 3.10. The molecule has 1 radical (unpaired) electrons. The molecule has 1 aromatic rings. The van der Waals surface area contributed by atoms with E-state index in [1.165, 1.54) is 0 Å². The van der Waals surface area contributed by atoms with Gasteiger partial charge in [0.05, 0.1) is 0 Å². The number of benzene rings is 1. The minimum absolute atomic E-state index is 0.151. The summed E-state index contributed by atoms with van der Waals surface area (Å²) >= 11 is 0. The molecule has 0 atom stereocenters. The number of phenols is 1.